The van der Waals surface area contributed by atoms with E-state index >= 15 is 0 Å². The maximum Gasteiger partial charge on any atom is 0.137 e. The number of phenolic OH excluding ortho intramolecular Hbond substituents is 3. The largest absolute Gasteiger partial charge is 0.508 e. The molecule has 0 saturated carbocycles. The lowest BCUT2D eigenvalue weighted by Gasteiger charge is -2.26. The number of fused-ring (bicyclic) bond motifs is 2. The van der Waals surface area contributed by atoms with Crippen LogP contribution in [0.2, 0.25) is 0 Å². The van der Waals surface area contributed by atoms with Crippen LogP contribution in [0.25, 0.3) is 23.0 Å². The molecule has 0 amide bonds. The zero-order valence-corrected chi connectivity index (χ0v) is 23.0. The molecule has 7 nitrogen and oxygen atoms in total. The summed E-state index contributed by atoms with van der Waals surface area (Å²) in [5, 5.41) is 30.2. The Morgan fingerprint density at radius 1 is 0.756 bits per heavy atom. The van der Waals surface area contributed by atoms with Gasteiger partial charge in [0.2, 0.25) is 0 Å². The molecule has 2 aliphatic rings. The standard InChI is InChI=1S/C34H30O7/c1-19-29(36)11-6-23-15-24(16-39-32(19)23)22-7-13-31(38-3)25(14-22)17-40-34-27-10-12-30(37)20(2)33(27)41-18-28(34)21-4-8-26(35)9-5-21/h4-15,35-37H,16-18H2,1-3H3. The third-order valence-electron chi connectivity index (χ3n) is 7.61. The smallest absolute Gasteiger partial charge is 0.137 e. The molecule has 41 heavy (non-hydrogen) atoms. The van der Waals surface area contributed by atoms with Crippen molar-refractivity contribution < 1.29 is 34.3 Å². The SMILES string of the molecule is COc1ccc(C2=Cc3ccc(O)c(C)c3OC2)cc1COC1=C(c2ccc(O)cc2)COc2c1ccc(O)c2C. The average Bonchev–Trinajstić information content (AvgIpc) is 2.99. The Bertz CT molecular complexity index is 1710. The molecule has 0 spiro atoms. The summed E-state index contributed by atoms with van der Waals surface area (Å²) < 4.78 is 24.4. The second kappa shape index (κ2) is 10.5. The van der Waals surface area contributed by atoms with Crippen LogP contribution in [0.4, 0.5) is 0 Å². The van der Waals surface area contributed by atoms with Crippen LogP contribution in [0, 0.1) is 13.8 Å². The highest BCUT2D eigenvalue weighted by Crippen LogP contribution is 2.43. The van der Waals surface area contributed by atoms with Crippen LogP contribution in [0.15, 0.2) is 66.7 Å². The molecule has 0 fully saturated rings. The van der Waals surface area contributed by atoms with Crippen molar-refractivity contribution in [3.05, 3.63) is 106 Å². The minimum absolute atomic E-state index is 0.153. The summed E-state index contributed by atoms with van der Waals surface area (Å²) in [4.78, 5) is 0. The normalized spacial score (nSPS) is 13.9. The maximum atomic E-state index is 10.3. The van der Waals surface area contributed by atoms with Gasteiger partial charge in [-0.3, -0.25) is 0 Å². The fourth-order valence-corrected chi connectivity index (χ4v) is 5.25. The Morgan fingerprint density at radius 3 is 2.20 bits per heavy atom. The van der Waals surface area contributed by atoms with E-state index in [1.807, 2.05) is 50.2 Å². The number of aromatic hydroxyl groups is 3. The number of hydrogen-bond acceptors (Lipinski definition) is 7. The summed E-state index contributed by atoms with van der Waals surface area (Å²) in [6.07, 6.45) is 2.08. The summed E-state index contributed by atoms with van der Waals surface area (Å²) >= 11 is 0. The number of hydrogen-bond donors (Lipinski definition) is 3. The molecule has 7 heteroatoms. The fourth-order valence-electron chi connectivity index (χ4n) is 5.25. The van der Waals surface area contributed by atoms with Gasteiger partial charge in [-0.25, -0.2) is 0 Å². The van der Waals surface area contributed by atoms with Crippen molar-refractivity contribution in [3.8, 4) is 34.5 Å². The first-order chi connectivity index (χ1) is 19.8. The third-order valence-corrected chi connectivity index (χ3v) is 7.61. The molecule has 0 bridgehead atoms. The second-order valence-corrected chi connectivity index (χ2v) is 10.1. The van der Waals surface area contributed by atoms with Gasteiger partial charge in [0.1, 0.15) is 60.1 Å². The van der Waals surface area contributed by atoms with Crippen molar-refractivity contribution in [2.75, 3.05) is 20.3 Å². The minimum atomic E-state index is 0.153. The first-order valence-electron chi connectivity index (χ1n) is 13.3. The van der Waals surface area contributed by atoms with E-state index in [-0.39, 0.29) is 30.5 Å². The number of phenols is 3. The zero-order valence-electron chi connectivity index (χ0n) is 23.0. The molecule has 208 valence electrons. The van der Waals surface area contributed by atoms with Gasteiger partial charge in [0.05, 0.1) is 12.7 Å². The van der Waals surface area contributed by atoms with Crippen LogP contribution in [0.3, 0.4) is 0 Å². The lowest BCUT2D eigenvalue weighted by Crippen LogP contribution is -2.14. The molecule has 4 aromatic rings. The van der Waals surface area contributed by atoms with Crippen molar-refractivity contribution in [1.29, 1.82) is 0 Å². The molecule has 0 aliphatic carbocycles. The van der Waals surface area contributed by atoms with Crippen molar-refractivity contribution in [1.82, 2.24) is 0 Å². The number of ether oxygens (including phenoxy) is 4. The number of methoxy groups -OCH3 is 1. The quantitative estimate of drug-likeness (QED) is 0.242. The van der Waals surface area contributed by atoms with Gasteiger partial charge in [0.25, 0.3) is 0 Å². The highest BCUT2D eigenvalue weighted by molar-refractivity contribution is 5.92. The van der Waals surface area contributed by atoms with Gasteiger partial charge >= 0.3 is 0 Å². The van der Waals surface area contributed by atoms with E-state index in [0.29, 0.717) is 35.2 Å². The molecule has 0 atom stereocenters. The first kappa shape index (κ1) is 26.2. The maximum absolute atomic E-state index is 10.3. The van der Waals surface area contributed by atoms with Gasteiger partial charge in [-0.2, -0.15) is 0 Å². The van der Waals surface area contributed by atoms with Crippen molar-refractivity contribution in [2.24, 2.45) is 0 Å². The van der Waals surface area contributed by atoms with E-state index < -0.39 is 0 Å². The van der Waals surface area contributed by atoms with Gasteiger partial charge in [-0.15, -0.1) is 0 Å². The van der Waals surface area contributed by atoms with Gasteiger partial charge in [-0.1, -0.05) is 18.2 Å². The Kier molecular flexibility index (Phi) is 6.71. The molecule has 2 aliphatic heterocycles. The van der Waals surface area contributed by atoms with E-state index in [9.17, 15) is 15.3 Å². The zero-order chi connectivity index (χ0) is 28.7. The lowest BCUT2D eigenvalue weighted by atomic mass is 9.96. The molecular weight excluding hydrogens is 520 g/mol. The third kappa shape index (κ3) is 4.80. The predicted molar refractivity (Wildman–Crippen MR) is 157 cm³/mol. The minimum Gasteiger partial charge on any atom is -0.508 e. The molecule has 0 radical (unpaired) electrons. The van der Waals surface area contributed by atoms with Gasteiger partial charge in [0, 0.05) is 27.8 Å². The number of benzene rings is 4. The summed E-state index contributed by atoms with van der Waals surface area (Å²) in [5.41, 5.74) is 7.52. The van der Waals surface area contributed by atoms with Crippen LogP contribution in [-0.2, 0) is 11.3 Å². The van der Waals surface area contributed by atoms with Crippen LogP contribution in [-0.4, -0.2) is 35.6 Å². The summed E-state index contributed by atoms with van der Waals surface area (Å²) in [7, 11) is 1.63. The highest BCUT2D eigenvalue weighted by atomic mass is 16.5. The van der Waals surface area contributed by atoms with Crippen LogP contribution in [0.1, 0.15) is 38.9 Å². The first-order valence-corrected chi connectivity index (χ1v) is 13.3. The fraction of sp³-hybridized carbons (Fsp3) is 0.176. The molecule has 2 heterocycles. The molecule has 0 unspecified atom stereocenters. The molecule has 0 aromatic heterocycles. The predicted octanol–water partition coefficient (Wildman–Crippen LogP) is 6.84. The molecule has 4 aromatic carbocycles. The number of rotatable bonds is 6. The van der Waals surface area contributed by atoms with Crippen LogP contribution < -0.4 is 14.2 Å². The van der Waals surface area contributed by atoms with E-state index in [0.717, 1.165) is 44.5 Å². The van der Waals surface area contributed by atoms with E-state index in [1.165, 1.54) is 0 Å². The van der Waals surface area contributed by atoms with E-state index in [1.54, 1.807) is 37.4 Å². The molecule has 6 rings (SSSR count). The summed E-state index contributed by atoms with van der Waals surface area (Å²) in [6.45, 7) is 4.48. The lowest BCUT2D eigenvalue weighted by molar-refractivity contribution is 0.249. The highest BCUT2D eigenvalue weighted by Gasteiger charge is 2.26. The van der Waals surface area contributed by atoms with Crippen molar-refractivity contribution in [3.63, 3.8) is 0 Å². The Balaban J connectivity index is 1.37. The molecule has 0 saturated heterocycles. The monoisotopic (exact) mass is 550 g/mol. The van der Waals surface area contributed by atoms with Crippen molar-refractivity contribution >= 4 is 23.0 Å². The van der Waals surface area contributed by atoms with Gasteiger partial charge < -0.3 is 34.3 Å². The van der Waals surface area contributed by atoms with Gasteiger partial charge in [-0.05, 0) is 85.2 Å². The van der Waals surface area contributed by atoms with Crippen LogP contribution >= 0.6 is 0 Å². The Morgan fingerprint density at radius 2 is 1.44 bits per heavy atom. The van der Waals surface area contributed by atoms with Crippen molar-refractivity contribution in [2.45, 2.75) is 20.5 Å². The molecular formula is C34H30O7. The van der Waals surface area contributed by atoms with Gasteiger partial charge in [0.15, 0.2) is 0 Å². The second-order valence-electron chi connectivity index (χ2n) is 10.1. The topological polar surface area (TPSA) is 97.6 Å². The van der Waals surface area contributed by atoms with Crippen LogP contribution in [0.5, 0.6) is 34.5 Å². The Labute approximate surface area is 238 Å². The summed E-state index contributed by atoms with van der Waals surface area (Å²) in [5.74, 6) is 3.13. The average molecular weight is 551 g/mol. The van der Waals surface area contributed by atoms with E-state index in [2.05, 4.69) is 6.08 Å². The summed E-state index contributed by atoms with van der Waals surface area (Å²) in [6, 6.07) is 19.8. The van der Waals surface area contributed by atoms with E-state index in [4.69, 9.17) is 18.9 Å². The Hall–Kier alpha value is -5.04. The molecule has 3 N–H and O–H groups in total.